The molecule has 0 atom stereocenters. The monoisotopic (exact) mass is 220 g/mol. The van der Waals surface area contributed by atoms with E-state index in [0.717, 1.165) is 18.2 Å². The van der Waals surface area contributed by atoms with Crippen LogP contribution in [-0.4, -0.2) is 11.3 Å². The van der Waals surface area contributed by atoms with Gasteiger partial charge < -0.3 is 4.74 Å². The summed E-state index contributed by atoms with van der Waals surface area (Å²) >= 11 is 0. The number of halogens is 3. The molecular weight excluding hydrogens is 215 g/mol. The number of nitrogens with zero attached hydrogens (tertiary/aromatic N) is 1. The highest BCUT2D eigenvalue weighted by atomic mass is 19.4. The normalized spacial score (nSPS) is 11.2. The predicted octanol–water partition coefficient (Wildman–Crippen LogP) is 2.68. The molecule has 0 saturated carbocycles. The molecule has 0 N–H and O–H groups in total. The summed E-state index contributed by atoms with van der Waals surface area (Å²) in [5.74, 6) is -0.530. The third kappa shape index (κ3) is 3.12. The molecule has 1 aromatic rings. The van der Waals surface area contributed by atoms with Gasteiger partial charge in [-0.05, 0) is 19.1 Å². The summed E-state index contributed by atoms with van der Waals surface area (Å²) in [5.41, 5.74) is -0.494. The average Bonchev–Trinajstić information content (AvgIpc) is 1.99. The van der Waals surface area contributed by atoms with Crippen LogP contribution < -0.4 is 4.74 Å². The molecule has 0 aliphatic heterocycles. The van der Waals surface area contributed by atoms with E-state index in [0.29, 0.717) is 0 Å². The van der Waals surface area contributed by atoms with E-state index in [1.54, 1.807) is 0 Å². The minimum atomic E-state index is -4.82. The van der Waals surface area contributed by atoms with E-state index in [2.05, 4.69) is 11.7 Å². The highest BCUT2D eigenvalue weighted by Crippen LogP contribution is 2.27. The molecule has 0 amide bonds. The second kappa shape index (κ2) is 3.76. The highest BCUT2D eigenvalue weighted by Gasteiger charge is 2.31. The van der Waals surface area contributed by atoms with E-state index in [-0.39, 0.29) is 11.3 Å². The van der Waals surface area contributed by atoms with Crippen molar-refractivity contribution < 1.29 is 22.8 Å². The number of benzene rings is 1. The lowest BCUT2D eigenvalue weighted by Gasteiger charge is -2.08. The second-order valence-electron chi connectivity index (χ2n) is 2.60. The molecule has 1 rings (SSSR count). The molecule has 0 saturated heterocycles. The van der Waals surface area contributed by atoms with Gasteiger partial charge >= 0.3 is 6.36 Å². The van der Waals surface area contributed by atoms with E-state index in [4.69, 9.17) is 0 Å². The quantitative estimate of drug-likeness (QED) is 0.568. The van der Waals surface area contributed by atoms with Crippen LogP contribution in [0.2, 0.25) is 0 Å². The van der Waals surface area contributed by atoms with E-state index in [1.165, 1.54) is 0 Å². The van der Waals surface area contributed by atoms with Crippen LogP contribution in [0, 0.1) is 17.0 Å². The Kier molecular flexibility index (Phi) is 2.83. The molecule has 15 heavy (non-hydrogen) atoms. The zero-order valence-corrected chi connectivity index (χ0v) is 7.25. The van der Waals surface area contributed by atoms with Gasteiger partial charge in [-0.1, -0.05) is 0 Å². The molecule has 0 aromatic heterocycles. The molecule has 0 unspecified atom stereocenters. The van der Waals surface area contributed by atoms with Gasteiger partial charge in [0, 0.05) is 11.6 Å². The van der Waals surface area contributed by atoms with Gasteiger partial charge in [-0.2, -0.15) is 0 Å². The topological polar surface area (TPSA) is 52.4 Å². The number of ether oxygens (including phenoxy) is 1. The molecule has 0 aliphatic carbocycles. The predicted molar refractivity (Wildman–Crippen MR) is 44.2 cm³/mol. The Balaban J connectivity index is 2.97. The van der Waals surface area contributed by atoms with E-state index < -0.39 is 17.0 Å². The summed E-state index contributed by atoms with van der Waals surface area (Å²) in [6.07, 6.45) is -4.82. The van der Waals surface area contributed by atoms with Crippen molar-refractivity contribution in [1.82, 2.24) is 0 Å². The van der Waals surface area contributed by atoms with Crippen LogP contribution in [0.3, 0.4) is 0 Å². The molecule has 1 aromatic carbocycles. The van der Waals surface area contributed by atoms with Crippen LogP contribution in [-0.2, 0) is 0 Å². The third-order valence-electron chi connectivity index (χ3n) is 1.48. The average molecular weight is 220 g/mol. The molecule has 0 bridgehead atoms. The van der Waals surface area contributed by atoms with Crippen molar-refractivity contribution in [2.45, 2.75) is 6.36 Å². The Labute approximate surface area is 82.4 Å². The fourth-order valence-electron chi connectivity index (χ4n) is 0.937. The Morgan fingerprint density at radius 3 is 2.40 bits per heavy atom. The summed E-state index contributed by atoms with van der Waals surface area (Å²) in [6, 6.07) is 2.62. The summed E-state index contributed by atoms with van der Waals surface area (Å²) in [4.78, 5) is 9.58. The van der Waals surface area contributed by atoms with Gasteiger partial charge in [-0.25, -0.2) is 0 Å². The summed E-state index contributed by atoms with van der Waals surface area (Å²) in [5, 5.41) is 10.3. The van der Waals surface area contributed by atoms with Crippen molar-refractivity contribution in [2.24, 2.45) is 0 Å². The van der Waals surface area contributed by atoms with Crippen LogP contribution in [0.1, 0.15) is 5.56 Å². The first-order chi connectivity index (χ1) is 6.79. The Morgan fingerprint density at radius 1 is 1.40 bits per heavy atom. The lowest BCUT2D eigenvalue weighted by molar-refractivity contribution is -0.385. The van der Waals surface area contributed by atoms with Crippen molar-refractivity contribution >= 4 is 5.69 Å². The Morgan fingerprint density at radius 2 is 2.00 bits per heavy atom. The molecule has 0 aliphatic rings. The molecule has 7 heteroatoms. The summed E-state index contributed by atoms with van der Waals surface area (Å²) < 4.78 is 38.8. The van der Waals surface area contributed by atoms with E-state index >= 15 is 0 Å². The Hall–Kier alpha value is -1.79. The number of nitro benzene ring substituents is 1. The maximum atomic E-state index is 11.8. The molecule has 0 fully saturated rings. The number of hydrogen-bond donors (Lipinski definition) is 0. The number of rotatable bonds is 2. The van der Waals surface area contributed by atoms with Gasteiger partial charge in [-0.3, -0.25) is 10.1 Å². The first kappa shape index (κ1) is 11.3. The molecule has 0 heterocycles. The van der Waals surface area contributed by atoms with Crippen LogP contribution in [0.4, 0.5) is 18.9 Å². The lowest BCUT2D eigenvalue weighted by Crippen LogP contribution is -2.17. The van der Waals surface area contributed by atoms with Crippen LogP contribution in [0.5, 0.6) is 5.75 Å². The third-order valence-corrected chi connectivity index (χ3v) is 1.48. The van der Waals surface area contributed by atoms with Gasteiger partial charge in [0.15, 0.2) is 0 Å². The molecule has 1 radical (unpaired) electrons. The zero-order chi connectivity index (χ0) is 11.6. The summed E-state index contributed by atoms with van der Waals surface area (Å²) in [7, 11) is 0. The van der Waals surface area contributed by atoms with Crippen LogP contribution in [0.25, 0.3) is 0 Å². The van der Waals surface area contributed by atoms with Crippen molar-refractivity contribution in [3.8, 4) is 5.75 Å². The Bertz CT molecular complexity index is 389. The van der Waals surface area contributed by atoms with Crippen LogP contribution in [0.15, 0.2) is 18.2 Å². The van der Waals surface area contributed by atoms with Gasteiger partial charge in [0.25, 0.3) is 5.69 Å². The largest absolute Gasteiger partial charge is 0.573 e. The van der Waals surface area contributed by atoms with Crippen molar-refractivity contribution in [2.75, 3.05) is 0 Å². The molecular formula is C8H5F3NO3. The van der Waals surface area contributed by atoms with E-state index in [9.17, 15) is 23.3 Å². The SMILES string of the molecule is [CH2]c1cc(OC(F)(F)F)ccc1[N+](=O)[O-]. The standard InChI is InChI=1S/C8H5F3NO3/c1-5-4-6(15-8(9,10)11)2-3-7(5)12(13)14/h2-4H,1H2. The lowest BCUT2D eigenvalue weighted by atomic mass is 10.2. The number of alkyl halides is 3. The maximum absolute atomic E-state index is 11.8. The summed E-state index contributed by atoms with van der Waals surface area (Å²) in [6.45, 7) is 3.24. The fraction of sp³-hybridized carbons (Fsp3) is 0.125. The zero-order valence-electron chi connectivity index (χ0n) is 7.25. The smallest absolute Gasteiger partial charge is 0.406 e. The van der Waals surface area contributed by atoms with Crippen molar-refractivity contribution in [1.29, 1.82) is 0 Å². The van der Waals surface area contributed by atoms with Crippen molar-refractivity contribution in [3.05, 3.63) is 40.8 Å². The first-order valence-electron chi connectivity index (χ1n) is 3.66. The molecule has 4 nitrogen and oxygen atoms in total. The minimum absolute atomic E-state index is 0.137. The highest BCUT2D eigenvalue weighted by molar-refractivity contribution is 5.46. The maximum Gasteiger partial charge on any atom is 0.573 e. The fourth-order valence-corrected chi connectivity index (χ4v) is 0.937. The van der Waals surface area contributed by atoms with Gasteiger partial charge in [0.2, 0.25) is 0 Å². The van der Waals surface area contributed by atoms with Crippen LogP contribution >= 0.6 is 0 Å². The molecule has 81 valence electrons. The van der Waals surface area contributed by atoms with Gasteiger partial charge in [-0.15, -0.1) is 13.2 Å². The molecule has 0 spiro atoms. The van der Waals surface area contributed by atoms with Gasteiger partial charge in [0.1, 0.15) is 5.75 Å². The second-order valence-corrected chi connectivity index (χ2v) is 2.60. The van der Waals surface area contributed by atoms with Gasteiger partial charge in [0.05, 0.1) is 4.92 Å². The number of nitro groups is 1. The van der Waals surface area contributed by atoms with E-state index in [1.807, 2.05) is 0 Å². The number of hydrogen-bond acceptors (Lipinski definition) is 3. The first-order valence-corrected chi connectivity index (χ1v) is 3.66. The van der Waals surface area contributed by atoms with Crippen molar-refractivity contribution in [3.63, 3.8) is 0 Å². The minimum Gasteiger partial charge on any atom is -0.406 e.